The van der Waals surface area contributed by atoms with Crippen molar-refractivity contribution in [2.24, 2.45) is 0 Å². The van der Waals surface area contributed by atoms with Crippen LogP contribution in [0, 0.1) is 0 Å². The lowest BCUT2D eigenvalue weighted by atomic mass is 10.5. The second kappa shape index (κ2) is 3.67. The first kappa shape index (κ1) is 9.19. The van der Waals surface area contributed by atoms with E-state index in [4.69, 9.17) is 0 Å². The Balaban J connectivity index is 2.82. The zero-order valence-electron chi connectivity index (χ0n) is 7.50. The van der Waals surface area contributed by atoms with Crippen LogP contribution in [0.25, 0.3) is 0 Å². The Hall–Kier alpha value is -0.900. The zero-order valence-corrected chi connectivity index (χ0v) is 8.31. The summed E-state index contributed by atoms with van der Waals surface area (Å²) in [7, 11) is 3.49. The molecular formula is C8H12N2OS. The Bertz CT molecular complexity index is 280. The van der Waals surface area contributed by atoms with E-state index in [1.54, 1.807) is 25.2 Å². The van der Waals surface area contributed by atoms with Gasteiger partial charge < -0.3 is 4.90 Å². The van der Waals surface area contributed by atoms with Gasteiger partial charge in [-0.05, 0) is 6.42 Å². The molecule has 1 amide bonds. The summed E-state index contributed by atoms with van der Waals surface area (Å²) >= 11 is 1.47. The van der Waals surface area contributed by atoms with Crippen molar-refractivity contribution in [2.75, 3.05) is 14.1 Å². The lowest BCUT2D eigenvalue weighted by Crippen LogP contribution is -2.20. The first-order chi connectivity index (χ1) is 5.65. The summed E-state index contributed by atoms with van der Waals surface area (Å²) < 4.78 is 0. The molecule has 0 radical (unpaired) electrons. The Morgan fingerprint density at radius 2 is 2.33 bits per heavy atom. The van der Waals surface area contributed by atoms with E-state index < -0.39 is 0 Å². The van der Waals surface area contributed by atoms with Gasteiger partial charge in [0.1, 0.15) is 4.88 Å². The van der Waals surface area contributed by atoms with E-state index in [1.165, 1.54) is 11.3 Å². The molecule has 4 heteroatoms. The highest BCUT2D eigenvalue weighted by molar-refractivity contribution is 7.13. The molecular weight excluding hydrogens is 172 g/mol. The predicted molar refractivity (Wildman–Crippen MR) is 49.5 cm³/mol. The van der Waals surface area contributed by atoms with Gasteiger partial charge in [-0.3, -0.25) is 4.79 Å². The van der Waals surface area contributed by atoms with Crippen molar-refractivity contribution in [1.29, 1.82) is 0 Å². The third kappa shape index (κ3) is 1.82. The number of aromatic nitrogens is 1. The van der Waals surface area contributed by atoms with Crippen LogP contribution >= 0.6 is 11.3 Å². The first-order valence-corrected chi connectivity index (χ1v) is 4.63. The maximum atomic E-state index is 11.4. The molecule has 1 aromatic heterocycles. The number of aryl methyl sites for hydroxylation is 1. The van der Waals surface area contributed by atoms with Crippen LogP contribution in [0.3, 0.4) is 0 Å². The number of hydrogen-bond acceptors (Lipinski definition) is 3. The number of thiazole rings is 1. The van der Waals surface area contributed by atoms with Gasteiger partial charge in [0, 0.05) is 14.1 Å². The third-order valence-electron chi connectivity index (χ3n) is 1.47. The van der Waals surface area contributed by atoms with Crippen LogP contribution in [0.5, 0.6) is 0 Å². The molecule has 0 bridgehead atoms. The van der Waals surface area contributed by atoms with Crippen LogP contribution in [0.2, 0.25) is 0 Å². The monoisotopic (exact) mass is 184 g/mol. The molecule has 1 heterocycles. The fourth-order valence-corrected chi connectivity index (χ4v) is 1.67. The van der Waals surface area contributed by atoms with Crippen LogP contribution in [0.1, 0.15) is 21.6 Å². The summed E-state index contributed by atoms with van der Waals surface area (Å²) in [6.45, 7) is 2.03. The lowest BCUT2D eigenvalue weighted by Gasteiger charge is -2.06. The Morgan fingerprint density at radius 3 is 2.75 bits per heavy atom. The molecule has 0 aromatic carbocycles. The van der Waals surface area contributed by atoms with E-state index in [9.17, 15) is 4.79 Å². The molecule has 12 heavy (non-hydrogen) atoms. The molecule has 0 saturated heterocycles. The topological polar surface area (TPSA) is 33.2 Å². The Labute approximate surface area is 76.0 Å². The van der Waals surface area contributed by atoms with Gasteiger partial charge in [0.05, 0.1) is 11.2 Å². The van der Waals surface area contributed by atoms with Crippen LogP contribution in [-0.2, 0) is 6.42 Å². The highest BCUT2D eigenvalue weighted by atomic mass is 32.1. The highest BCUT2D eigenvalue weighted by Gasteiger charge is 2.10. The molecule has 0 N–H and O–H groups in total. The molecule has 1 aromatic rings. The van der Waals surface area contributed by atoms with Gasteiger partial charge in [-0.15, -0.1) is 11.3 Å². The normalized spacial score (nSPS) is 9.92. The second-order valence-corrected chi connectivity index (χ2v) is 3.79. The molecule has 0 aliphatic rings. The summed E-state index contributed by atoms with van der Waals surface area (Å²) in [6, 6.07) is 0. The van der Waals surface area contributed by atoms with Gasteiger partial charge in [-0.2, -0.15) is 0 Å². The SMILES string of the molecule is CCc1ncc(C(=O)N(C)C)s1. The Morgan fingerprint density at radius 1 is 1.67 bits per heavy atom. The molecule has 0 unspecified atom stereocenters. The fourth-order valence-electron chi connectivity index (χ4n) is 0.793. The molecule has 0 fully saturated rings. The summed E-state index contributed by atoms with van der Waals surface area (Å²) in [5.41, 5.74) is 0. The third-order valence-corrected chi connectivity index (χ3v) is 2.60. The number of nitrogens with zero attached hydrogens (tertiary/aromatic N) is 2. The number of rotatable bonds is 2. The van der Waals surface area contributed by atoms with Crippen molar-refractivity contribution in [2.45, 2.75) is 13.3 Å². The summed E-state index contributed by atoms with van der Waals surface area (Å²) in [5, 5.41) is 1.01. The van der Waals surface area contributed by atoms with Gasteiger partial charge in [-0.25, -0.2) is 4.98 Å². The fraction of sp³-hybridized carbons (Fsp3) is 0.500. The average molecular weight is 184 g/mol. The van der Waals surface area contributed by atoms with E-state index in [1.807, 2.05) is 6.92 Å². The van der Waals surface area contributed by atoms with Crippen molar-refractivity contribution in [3.63, 3.8) is 0 Å². The molecule has 3 nitrogen and oxygen atoms in total. The maximum absolute atomic E-state index is 11.4. The smallest absolute Gasteiger partial charge is 0.265 e. The zero-order chi connectivity index (χ0) is 9.14. The van der Waals surface area contributed by atoms with Crippen LogP contribution in [0.4, 0.5) is 0 Å². The van der Waals surface area contributed by atoms with E-state index in [-0.39, 0.29) is 5.91 Å². The highest BCUT2D eigenvalue weighted by Crippen LogP contribution is 2.14. The number of amides is 1. The molecule has 0 saturated carbocycles. The van der Waals surface area contributed by atoms with Crippen molar-refractivity contribution < 1.29 is 4.79 Å². The summed E-state index contributed by atoms with van der Waals surface area (Å²) in [5.74, 6) is 0.0344. The number of carbonyl (C=O) groups is 1. The largest absolute Gasteiger partial charge is 0.344 e. The summed E-state index contributed by atoms with van der Waals surface area (Å²) in [4.78, 5) is 17.8. The van der Waals surface area contributed by atoms with Crippen LogP contribution in [-0.4, -0.2) is 29.9 Å². The second-order valence-electron chi connectivity index (χ2n) is 2.67. The quantitative estimate of drug-likeness (QED) is 0.696. The Kier molecular flexibility index (Phi) is 2.81. The van der Waals surface area contributed by atoms with Crippen molar-refractivity contribution in [3.05, 3.63) is 16.1 Å². The van der Waals surface area contributed by atoms with Gasteiger partial charge in [-0.1, -0.05) is 6.92 Å². The first-order valence-electron chi connectivity index (χ1n) is 3.81. The molecule has 1 rings (SSSR count). The van der Waals surface area contributed by atoms with Crippen LogP contribution in [0.15, 0.2) is 6.20 Å². The van der Waals surface area contributed by atoms with Crippen molar-refractivity contribution in [3.8, 4) is 0 Å². The van der Waals surface area contributed by atoms with Gasteiger partial charge in [0.2, 0.25) is 0 Å². The van der Waals surface area contributed by atoms with E-state index >= 15 is 0 Å². The minimum Gasteiger partial charge on any atom is -0.344 e. The minimum atomic E-state index is 0.0344. The molecule has 0 spiro atoms. The molecule has 0 aliphatic carbocycles. The van der Waals surface area contributed by atoms with Gasteiger partial charge in [0.15, 0.2) is 0 Å². The van der Waals surface area contributed by atoms with Crippen molar-refractivity contribution in [1.82, 2.24) is 9.88 Å². The van der Waals surface area contributed by atoms with Crippen LogP contribution < -0.4 is 0 Å². The maximum Gasteiger partial charge on any atom is 0.265 e. The predicted octanol–water partition coefficient (Wildman–Crippen LogP) is 1.41. The number of carbonyl (C=O) groups excluding carboxylic acids is 1. The molecule has 0 aliphatic heterocycles. The standard InChI is InChI=1S/C8H12N2OS/c1-4-7-9-5-6(12-7)8(11)10(2)3/h5H,4H2,1-3H3. The summed E-state index contributed by atoms with van der Waals surface area (Å²) in [6.07, 6.45) is 2.54. The molecule has 66 valence electrons. The van der Waals surface area contributed by atoms with Gasteiger partial charge >= 0.3 is 0 Å². The molecule has 0 atom stereocenters. The van der Waals surface area contributed by atoms with Crippen molar-refractivity contribution >= 4 is 17.2 Å². The van der Waals surface area contributed by atoms with E-state index in [2.05, 4.69) is 4.98 Å². The average Bonchev–Trinajstić information content (AvgIpc) is 2.50. The van der Waals surface area contributed by atoms with Gasteiger partial charge in [0.25, 0.3) is 5.91 Å². The number of hydrogen-bond donors (Lipinski definition) is 0. The van der Waals surface area contributed by atoms with E-state index in [0.29, 0.717) is 0 Å². The minimum absolute atomic E-state index is 0.0344. The lowest BCUT2D eigenvalue weighted by molar-refractivity contribution is 0.0832. The van der Waals surface area contributed by atoms with E-state index in [0.717, 1.165) is 16.3 Å².